The van der Waals surface area contributed by atoms with Crippen LogP contribution in [0.15, 0.2) is 30.3 Å². The molecule has 1 aliphatic heterocycles. The van der Waals surface area contributed by atoms with Crippen LogP contribution in [-0.4, -0.2) is 58.7 Å². The van der Waals surface area contributed by atoms with Crippen LogP contribution in [0.3, 0.4) is 0 Å². The van der Waals surface area contributed by atoms with E-state index in [1.165, 1.54) is 23.1 Å². The van der Waals surface area contributed by atoms with Gasteiger partial charge in [-0.05, 0) is 12.1 Å². The molecule has 0 aliphatic carbocycles. The van der Waals surface area contributed by atoms with Crippen molar-refractivity contribution in [2.24, 2.45) is 5.73 Å². The summed E-state index contributed by atoms with van der Waals surface area (Å²) in [6.07, 6.45) is -4.46. The number of likely N-dealkylation sites (N-methyl/N-ethyl adjacent to an activating group) is 1. The summed E-state index contributed by atoms with van der Waals surface area (Å²) in [6, 6.07) is 6.62. The number of aliphatic hydroxyl groups is 1. The fourth-order valence-corrected chi connectivity index (χ4v) is 3.10. The molecule has 0 bridgehead atoms. The molecule has 0 radical (unpaired) electrons. The van der Waals surface area contributed by atoms with Gasteiger partial charge < -0.3 is 21.1 Å². The number of carbonyl (C=O) groups is 2. The zero-order chi connectivity index (χ0) is 23.7. The van der Waals surface area contributed by atoms with Crippen LogP contribution < -0.4 is 11.1 Å². The number of aromatic nitrogens is 1. The molecule has 2 heterocycles. The van der Waals surface area contributed by atoms with Gasteiger partial charge in [-0.1, -0.05) is 24.0 Å². The average molecular weight is 450 g/mol. The van der Waals surface area contributed by atoms with Gasteiger partial charge in [0.1, 0.15) is 12.2 Å². The Labute approximate surface area is 180 Å². The lowest BCUT2D eigenvalue weighted by Crippen LogP contribution is -2.37. The van der Waals surface area contributed by atoms with E-state index in [1.54, 1.807) is 13.1 Å². The number of nitrogens with one attached hydrogen (secondary N) is 1. The molecule has 11 heteroatoms. The molecule has 0 spiro atoms. The molecule has 1 aromatic heterocycles. The highest BCUT2D eigenvalue weighted by Crippen LogP contribution is 2.27. The SMILES string of the molecule is CN1CC[C@@](O)(C#Cc2cccc(-c3nc(C(N)=O)c(NCC(F)(F)F)cc3F)c2)C1=O. The van der Waals surface area contributed by atoms with E-state index in [1.807, 2.05) is 5.32 Å². The number of nitrogens with two attached hydrogens (primary N) is 1. The molecule has 1 saturated heterocycles. The van der Waals surface area contributed by atoms with Gasteiger partial charge in [-0.3, -0.25) is 9.59 Å². The predicted molar refractivity (Wildman–Crippen MR) is 107 cm³/mol. The molecule has 1 atom stereocenters. The number of carbonyl (C=O) groups excluding carboxylic acids is 2. The minimum atomic E-state index is -4.60. The molecular weight excluding hydrogens is 432 g/mol. The first kappa shape index (κ1) is 23.0. The summed E-state index contributed by atoms with van der Waals surface area (Å²) in [5.74, 6) is 2.54. The monoisotopic (exact) mass is 450 g/mol. The van der Waals surface area contributed by atoms with Crippen molar-refractivity contribution in [3.8, 4) is 23.1 Å². The van der Waals surface area contributed by atoms with Gasteiger partial charge in [-0.25, -0.2) is 9.37 Å². The lowest BCUT2D eigenvalue weighted by atomic mass is 10.0. The molecule has 0 saturated carbocycles. The number of amides is 2. The first-order valence-electron chi connectivity index (χ1n) is 9.32. The van der Waals surface area contributed by atoms with Gasteiger partial charge in [0, 0.05) is 37.2 Å². The summed E-state index contributed by atoms with van der Waals surface area (Å²) in [7, 11) is 1.54. The number of anilines is 1. The Morgan fingerprint density at radius 3 is 2.69 bits per heavy atom. The van der Waals surface area contributed by atoms with Crippen LogP contribution in [0.1, 0.15) is 22.5 Å². The number of likely N-dealkylation sites (tertiary alicyclic amines) is 1. The standard InChI is InChI=1S/C21H18F4N4O3/c1-29-8-7-20(32,19(29)31)6-5-12-3-2-4-13(9-12)16-14(22)10-15(17(28-16)18(26)30)27-11-21(23,24)25/h2-4,9-10,27,32H,7-8,11H2,1H3,(H2,26,30)/t20-/m0/s1. The maximum absolute atomic E-state index is 14.7. The van der Waals surface area contributed by atoms with Gasteiger partial charge in [0.2, 0.25) is 5.60 Å². The Bertz CT molecular complexity index is 1140. The van der Waals surface area contributed by atoms with Crippen LogP contribution in [0.4, 0.5) is 23.2 Å². The second kappa shape index (κ2) is 8.47. The van der Waals surface area contributed by atoms with Crippen molar-refractivity contribution in [1.29, 1.82) is 0 Å². The van der Waals surface area contributed by atoms with Gasteiger partial charge in [-0.15, -0.1) is 0 Å². The smallest absolute Gasteiger partial charge is 0.374 e. The largest absolute Gasteiger partial charge is 0.405 e. The lowest BCUT2D eigenvalue weighted by molar-refractivity contribution is -0.137. The number of pyridine rings is 1. The van der Waals surface area contributed by atoms with E-state index in [0.717, 1.165) is 0 Å². The minimum absolute atomic E-state index is 0.138. The number of rotatable bonds is 4. The van der Waals surface area contributed by atoms with Crippen molar-refractivity contribution >= 4 is 17.5 Å². The molecule has 1 aliphatic rings. The van der Waals surface area contributed by atoms with E-state index in [-0.39, 0.29) is 17.7 Å². The fourth-order valence-electron chi connectivity index (χ4n) is 3.10. The number of primary amides is 1. The van der Waals surface area contributed by atoms with E-state index in [0.29, 0.717) is 18.2 Å². The topological polar surface area (TPSA) is 109 Å². The van der Waals surface area contributed by atoms with E-state index in [4.69, 9.17) is 5.73 Å². The van der Waals surface area contributed by atoms with Crippen molar-refractivity contribution in [3.63, 3.8) is 0 Å². The third kappa shape index (κ3) is 4.97. The van der Waals surface area contributed by atoms with Crippen LogP contribution in [0.5, 0.6) is 0 Å². The Kier molecular flexibility index (Phi) is 6.09. The summed E-state index contributed by atoms with van der Waals surface area (Å²) in [5, 5.41) is 12.3. The first-order chi connectivity index (χ1) is 14.9. The van der Waals surface area contributed by atoms with E-state index >= 15 is 0 Å². The normalized spacial score (nSPS) is 18.3. The second-order valence-electron chi connectivity index (χ2n) is 7.22. The van der Waals surface area contributed by atoms with Crippen molar-refractivity contribution in [2.75, 3.05) is 25.5 Å². The highest BCUT2D eigenvalue weighted by Gasteiger charge is 2.42. The zero-order valence-electron chi connectivity index (χ0n) is 16.8. The average Bonchev–Trinajstić information content (AvgIpc) is 2.98. The molecular formula is C21H18F4N4O3. The highest BCUT2D eigenvalue weighted by atomic mass is 19.4. The van der Waals surface area contributed by atoms with E-state index in [2.05, 4.69) is 16.8 Å². The number of halogens is 4. The first-order valence-corrected chi connectivity index (χ1v) is 9.32. The molecule has 32 heavy (non-hydrogen) atoms. The van der Waals surface area contributed by atoms with Crippen molar-refractivity contribution in [2.45, 2.75) is 18.2 Å². The van der Waals surface area contributed by atoms with Crippen molar-refractivity contribution < 1.29 is 32.3 Å². The Balaban J connectivity index is 1.96. The van der Waals surface area contributed by atoms with Gasteiger partial charge in [-0.2, -0.15) is 13.2 Å². The van der Waals surface area contributed by atoms with Gasteiger partial charge >= 0.3 is 6.18 Å². The zero-order valence-corrected chi connectivity index (χ0v) is 16.8. The Hall–Kier alpha value is -3.65. The van der Waals surface area contributed by atoms with Crippen LogP contribution in [0, 0.1) is 17.7 Å². The van der Waals surface area contributed by atoms with Crippen LogP contribution in [0.25, 0.3) is 11.3 Å². The van der Waals surface area contributed by atoms with Crippen molar-refractivity contribution in [3.05, 3.63) is 47.4 Å². The molecule has 2 aromatic rings. The Morgan fingerprint density at radius 2 is 2.09 bits per heavy atom. The molecule has 4 N–H and O–H groups in total. The van der Waals surface area contributed by atoms with E-state index in [9.17, 15) is 32.3 Å². The predicted octanol–water partition coefficient (Wildman–Crippen LogP) is 1.91. The number of hydrogen-bond donors (Lipinski definition) is 3. The Morgan fingerprint density at radius 1 is 1.38 bits per heavy atom. The van der Waals surface area contributed by atoms with Gasteiger partial charge in [0.05, 0.1) is 5.69 Å². The molecule has 0 unspecified atom stereocenters. The van der Waals surface area contributed by atoms with Crippen LogP contribution in [-0.2, 0) is 4.79 Å². The lowest BCUT2D eigenvalue weighted by Gasteiger charge is -2.14. The third-order valence-electron chi connectivity index (χ3n) is 4.75. The van der Waals surface area contributed by atoms with Crippen molar-refractivity contribution in [1.82, 2.24) is 9.88 Å². The maximum Gasteiger partial charge on any atom is 0.405 e. The second-order valence-corrected chi connectivity index (χ2v) is 7.22. The number of benzene rings is 1. The quantitative estimate of drug-likeness (QED) is 0.487. The molecule has 1 fully saturated rings. The third-order valence-corrected chi connectivity index (χ3v) is 4.75. The number of hydrogen-bond acceptors (Lipinski definition) is 5. The van der Waals surface area contributed by atoms with Gasteiger partial charge in [0.15, 0.2) is 11.5 Å². The number of nitrogens with zero attached hydrogens (tertiary/aromatic N) is 2. The number of alkyl halides is 3. The summed E-state index contributed by atoms with van der Waals surface area (Å²) >= 11 is 0. The van der Waals surface area contributed by atoms with Crippen LogP contribution >= 0.6 is 0 Å². The van der Waals surface area contributed by atoms with E-state index < -0.39 is 47.3 Å². The maximum atomic E-state index is 14.7. The summed E-state index contributed by atoms with van der Waals surface area (Å²) in [4.78, 5) is 28.9. The molecule has 168 valence electrons. The summed E-state index contributed by atoms with van der Waals surface area (Å²) in [6.45, 7) is -1.15. The minimum Gasteiger partial charge on any atom is -0.374 e. The molecule has 1 aromatic carbocycles. The molecule has 7 nitrogen and oxygen atoms in total. The van der Waals surface area contributed by atoms with Crippen LogP contribution in [0.2, 0.25) is 0 Å². The molecule has 3 rings (SSSR count). The molecule has 2 amide bonds. The van der Waals surface area contributed by atoms with Gasteiger partial charge in [0.25, 0.3) is 11.8 Å². The fraction of sp³-hybridized carbons (Fsp3) is 0.286. The summed E-state index contributed by atoms with van der Waals surface area (Å²) < 4.78 is 52.1. The summed E-state index contributed by atoms with van der Waals surface area (Å²) in [5.41, 5.74) is 2.50. The highest BCUT2D eigenvalue weighted by molar-refractivity contribution is 5.97.